The van der Waals surface area contributed by atoms with Crippen LogP contribution in [-0.2, 0) is 12.4 Å². The van der Waals surface area contributed by atoms with Crippen LogP contribution in [0.3, 0.4) is 0 Å². The van der Waals surface area contributed by atoms with Crippen LogP contribution in [0.4, 0.5) is 26.3 Å². The van der Waals surface area contributed by atoms with Gasteiger partial charge in [-0.25, -0.2) is 0 Å². The van der Waals surface area contributed by atoms with Crippen LogP contribution in [0.25, 0.3) is 166 Å². The molecule has 4 heterocycles. The number of rotatable bonds is 8. The Bertz CT molecular complexity index is 5550. The third-order valence-electron chi connectivity index (χ3n) is 21.4. The molecule has 0 aliphatic carbocycles. The minimum absolute atomic E-state index is 0.502. The molecular weight excluding hydrogens is 1220 g/mol. The Labute approximate surface area is 561 Å². The molecule has 98 heavy (non-hydrogen) atoms. The third-order valence-corrected chi connectivity index (χ3v) is 21.4. The lowest BCUT2D eigenvalue weighted by Crippen LogP contribution is -2.53. The summed E-state index contributed by atoms with van der Waals surface area (Å²) in [5.74, 6) is 0. The summed E-state index contributed by atoms with van der Waals surface area (Å²) in [6, 6.07) is 102. The fourth-order valence-corrected chi connectivity index (χ4v) is 17.5. The van der Waals surface area contributed by atoms with Crippen molar-refractivity contribution < 1.29 is 26.3 Å². The second-order valence-corrected chi connectivity index (χ2v) is 26.6. The fourth-order valence-electron chi connectivity index (χ4n) is 17.5. The van der Waals surface area contributed by atoms with E-state index >= 15 is 26.3 Å². The predicted molar refractivity (Wildman–Crippen MR) is 395 cm³/mol. The SMILES string of the molecule is FC(F)(F)c1cc2c3c(c1)-c1cc(-c4c(-c5ccccc5)cc(-c5ccccc5)cc4-c4ccccc4)c4cc5c6c(cc(-c7c(-c8ccccc8)cc(-c8ccccc8)cc7-c7ccccc7)c7cc(c1c4c76)B3c1ccccc1-2)-c1cc(C(F)(F)F)cc2c1B5c1ccccc1-2. The molecule has 0 saturated carbocycles. The minimum Gasteiger partial charge on any atom is -0.166 e. The van der Waals surface area contributed by atoms with Gasteiger partial charge < -0.3 is 0 Å². The van der Waals surface area contributed by atoms with Crippen LogP contribution in [-0.4, -0.2) is 13.4 Å². The van der Waals surface area contributed by atoms with Gasteiger partial charge in [0.25, 0.3) is 0 Å². The summed E-state index contributed by atoms with van der Waals surface area (Å²) >= 11 is 0. The molecule has 4 aliphatic heterocycles. The van der Waals surface area contributed by atoms with E-state index in [1.165, 1.54) is 24.3 Å². The van der Waals surface area contributed by atoms with E-state index < -0.39 is 36.9 Å². The summed E-state index contributed by atoms with van der Waals surface area (Å²) in [5, 5.41) is 5.10. The van der Waals surface area contributed by atoms with E-state index in [0.29, 0.717) is 33.4 Å². The largest absolute Gasteiger partial charge is 0.416 e. The molecule has 0 fully saturated rings. The van der Waals surface area contributed by atoms with Gasteiger partial charge in [-0.3, -0.25) is 0 Å². The van der Waals surface area contributed by atoms with Crippen LogP contribution < -0.4 is 32.8 Å². The average molecular weight is 1270 g/mol. The maximum absolute atomic E-state index is 16.1. The van der Waals surface area contributed by atoms with Crippen LogP contribution in [0.15, 0.2) is 303 Å². The highest BCUT2D eigenvalue weighted by Crippen LogP contribution is 2.57. The van der Waals surface area contributed by atoms with E-state index in [-0.39, 0.29) is 0 Å². The smallest absolute Gasteiger partial charge is 0.166 e. The first-order chi connectivity index (χ1) is 47.9. The Kier molecular flexibility index (Phi) is 12.1. The zero-order valence-electron chi connectivity index (χ0n) is 52.3. The zero-order chi connectivity index (χ0) is 65.4. The lowest BCUT2D eigenvalue weighted by Gasteiger charge is -2.34. The summed E-state index contributed by atoms with van der Waals surface area (Å²) < 4.78 is 96.5. The molecule has 16 aromatic rings. The van der Waals surface area contributed by atoms with Gasteiger partial charge in [0.15, 0.2) is 0 Å². The molecule has 0 amide bonds. The van der Waals surface area contributed by atoms with Crippen LogP contribution in [0.1, 0.15) is 11.1 Å². The van der Waals surface area contributed by atoms with Gasteiger partial charge in [0.05, 0.1) is 11.1 Å². The van der Waals surface area contributed by atoms with Crippen molar-refractivity contribution in [3.05, 3.63) is 314 Å². The van der Waals surface area contributed by atoms with Crippen LogP contribution >= 0.6 is 0 Å². The van der Waals surface area contributed by atoms with Crippen molar-refractivity contribution >= 4 is 78.5 Å². The molecule has 458 valence electrons. The molecule has 4 aliphatic rings. The lowest BCUT2D eigenvalue weighted by molar-refractivity contribution is -0.138. The Balaban J connectivity index is 1.06. The maximum atomic E-state index is 16.1. The van der Waals surface area contributed by atoms with Crippen LogP contribution in [0, 0.1) is 0 Å². The molecule has 16 aromatic carbocycles. The summed E-state index contributed by atoms with van der Waals surface area (Å²) in [7, 11) is 0. The van der Waals surface area contributed by atoms with Gasteiger partial charge in [0, 0.05) is 0 Å². The average Bonchev–Trinajstić information content (AvgIpc) is 1.18. The van der Waals surface area contributed by atoms with Crippen molar-refractivity contribution in [2.24, 2.45) is 0 Å². The van der Waals surface area contributed by atoms with Gasteiger partial charge >= 0.3 is 12.4 Å². The Morgan fingerprint density at radius 2 is 0.469 bits per heavy atom. The van der Waals surface area contributed by atoms with Crippen molar-refractivity contribution in [1.82, 2.24) is 0 Å². The van der Waals surface area contributed by atoms with Crippen molar-refractivity contribution in [1.29, 1.82) is 0 Å². The van der Waals surface area contributed by atoms with Crippen molar-refractivity contribution in [2.45, 2.75) is 12.4 Å². The van der Waals surface area contributed by atoms with Gasteiger partial charge in [-0.1, -0.05) is 275 Å². The topological polar surface area (TPSA) is 0 Å². The number of fused-ring (bicyclic) bond motifs is 10. The molecule has 0 atom stereocenters. The first-order valence-electron chi connectivity index (χ1n) is 33.2. The van der Waals surface area contributed by atoms with E-state index in [2.05, 4.69) is 133 Å². The van der Waals surface area contributed by atoms with Crippen LogP contribution in [0.2, 0.25) is 0 Å². The molecule has 0 N–H and O–H groups in total. The van der Waals surface area contributed by atoms with E-state index in [1.807, 2.05) is 146 Å². The minimum atomic E-state index is -4.71. The molecule has 0 saturated heterocycles. The van der Waals surface area contributed by atoms with Gasteiger partial charge in [0.1, 0.15) is 0 Å². The summed E-state index contributed by atoms with van der Waals surface area (Å²) in [6.45, 7) is -1.01. The monoisotopic (exact) mass is 1270 g/mol. The molecular formula is C90H50B2F6. The summed E-state index contributed by atoms with van der Waals surface area (Å²) in [4.78, 5) is 0. The molecule has 0 spiro atoms. The standard InChI is InChI=1S/C90H50B2F6/c93-89(94,95)59-43-73-61-35-20-22-38-78(61)92-80-50-72-68(82-65(55-31-15-5-16-32-55)41-58(52-25-9-2-10-26-52)42-66(82)56-33-17-6-18-34-56)48-70-76-46-60(90(96,97)98)44-74-62-36-19-21-37-77(62)91(88(74)76)79-49-71-67(47-69(75(45-59)87(73)92)83(80)85(71)86(72)84(70)79)81-63(53-27-11-3-12-28-53)39-57(51-23-7-1-8-24-51)40-64(81)54-29-13-4-14-30-54/h1-50H. The molecule has 0 unspecified atom stereocenters. The molecule has 0 aromatic heterocycles. The van der Waals surface area contributed by atoms with Gasteiger partial charge in [0.2, 0.25) is 13.4 Å². The Morgan fingerprint density at radius 3 is 0.776 bits per heavy atom. The molecule has 0 nitrogen and oxygen atoms in total. The maximum Gasteiger partial charge on any atom is 0.416 e. The van der Waals surface area contributed by atoms with E-state index in [0.717, 1.165) is 165 Å². The third kappa shape index (κ3) is 8.24. The molecule has 0 bridgehead atoms. The normalized spacial score (nSPS) is 13.0. The lowest BCUT2D eigenvalue weighted by atomic mass is 9.34. The molecule has 0 radical (unpaired) electrons. The Hall–Kier alpha value is -11.7. The van der Waals surface area contributed by atoms with Gasteiger partial charge in [-0.05, 0) is 227 Å². The second kappa shape index (κ2) is 20.9. The molecule has 8 heteroatoms. The highest BCUT2D eigenvalue weighted by molar-refractivity contribution is 7.03. The highest BCUT2D eigenvalue weighted by atomic mass is 19.4. The zero-order valence-corrected chi connectivity index (χ0v) is 52.3. The summed E-state index contributed by atoms with van der Waals surface area (Å²) in [5.41, 5.74) is 23.7. The quantitative estimate of drug-likeness (QED) is 0.0808. The van der Waals surface area contributed by atoms with E-state index in [4.69, 9.17) is 0 Å². The highest BCUT2D eigenvalue weighted by Gasteiger charge is 2.47. The van der Waals surface area contributed by atoms with Crippen molar-refractivity contribution in [3.63, 3.8) is 0 Å². The Morgan fingerprint density at radius 1 is 0.194 bits per heavy atom. The first-order valence-corrected chi connectivity index (χ1v) is 33.2. The van der Waals surface area contributed by atoms with E-state index in [9.17, 15) is 0 Å². The van der Waals surface area contributed by atoms with Crippen molar-refractivity contribution in [2.75, 3.05) is 0 Å². The predicted octanol–water partition coefficient (Wildman–Crippen LogP) is 20.9. The van der Waals surface area contributed by atoms with Crippen LogP contribution in [0.5, 0.6) is 0 Å². The fraction of sp³-hybridized carbons (Fsp3) is 0.0222. The van der Waals surface area contributed by atoms with Gasteiger partial charge in [-0.2, -0.15) is 26.3 Å². The van der Waals surface area contributed by atoms with Crippen molar-refractivity contribution in [3.8, 4) is 134 Å². The first kappa shape index (κ1) is 56.6. The number of halogens is 6. The molecule has 20 rings (SSSR count). The number of hydrogen-bond donors (Lipinski definition) is 0. The summed E-state index contributed by atoms with van der Waals surface area (Å²) in [6.07, 6.45) is -9.42. The number of alkyl halides is 6. The van der Waals surface area contributed by atoms with Gasteiger partial charge in [-0.15, -0.1) is 0 Å². The van der Waals surface area contributed by atoms with E-state index in [1.54, 1.807) is 0 Å². The second-order valence-electron chi connectivity index (χ2n) is 26.6. The number of hydrogen-bond acceptors (Lipinski definition) is 0. The number of benzene rings is 16.